The van der Waals surface area contributed by atoms with E-state index < -0.39 is 0 Å². The number of piperidine rings is 1. The molecule has 0 amide bonds. The van der Waals surface area contributed by atoms with Crippen LogP contribution in [-0.4, -0.2) is 24.3 Å². The van der Waals surface area contributed by atoms with E-state index in [1.54, 1.807) is 0 Å². The van der Waals surface area contributed by atoms with Crippen LogP contribution >= 0.6 is 0 Å². The van der Waals surface area contributed by atoms with Gasteiger partial charge in [0.1, 0.15) is 0 Å². The second-order valence-corrected chi connectivity index (χ2v) is 4.46. The van der Waals surface area contributed by atoms with Gasteiger partial charge in [0.15, 0.2) is 0 Å². The minimum absolute atomic E-state index is 0.237. The third-order valence-electron chi connectivity index (χ3n) is 3.50. The first-order valence-corrected chi connectivity index (χ1v) is 5.65. The molecular formula is C13H19NO. The standard InChI is InChI=1S/C13H19NO/c1-9-4-3-5-11(10(9)2)12-6-7-14-8-13(12)15/h3-5,12-15H,6-8H2,1-2H3/t12-,13-/m1/s1. The minimum Gasteiger partial charge on any atom is -0.391 e. The van der Waals surface area contributed by atoms with E-state index in [1.165, 1.54) is 16.7 Å². The molecule has 1 aliphatic heterocycles. The van der Waals surface area contributed by atoms with Crippen LogP contribution in [0.3, 0.4) is 0 Å². The average Bonchev–Trinajstić information content (AvgIpc) is 2.23. The maximum absolute atomic E-state index is 9.98. The SMILES string of the molecule is Cc1cccc([C@H]2CCNC[C@H]2O)c1C. The van der Waals surface area contributed by atoms with Gasteiger partial charge in [-0.2, -0.15) is 0 Å². The number of rotatable bonds is 1. The highest BCUT2D eigenvalue weighted by atomic mass is 16.3. The molecule has 0 aliphatic carbocycles. The maximum atomic E-state index is 9.98. The van der Waals surface area contributed by atoms with Crippen molar-refractivity contribution in [2.24, 2.45) is 0 Å². The van der Waals surface area contributed by atoms with Gasteiger partial charge in [0.2, 0.25) is 0 Å². The molecule has 0 aromatic heterocycles. The van der Waals surface area contributed by atoms with Crippen LogP contribution in [0.1, 0.15) is 29.0 Å². The summed E-state index contributed by atoms with van der Waals surface area (Å²) in [6, 6.07) is 6.38. The summed E-state index contributed by atoms with van der Waals surface area (Å²) < 4.78 is 0. The Labute approximate surface area is 91.3 Å². The maximum Gasteiger partial charge on any atom is 0.0733 e. The van der Waals surface area contributed by atoms with E-state index in [-0.39, 0.29) is 6.10 Å². The Kier molecular flexibility index (Phi) is 3.08. The smallest absolute Gasteiger partial charge is 0.0733 e. The van der Waals surface area contributed by atoms with E-state index >= 15 is 0 Å². The highest BCUT2D eigenvalue weighted by molar-refractivity contribution is 5.36. The summed E-state index contributed by atoms with van der Waals surface area (Å²) >= 11 is 0. The van der Waals surface area contributed by atoms with Crippen molar-refractivity contribution in [3.63, 3.8) is 0 Å². The predicted octanol–water partition coefficient (Wildman–Crippen LogP) is 1.74. The lowest BCUT2D eigenvalue weighted by Crippen LogP contribution is -2.39. The van der Waals surface area contributed by atoms with Crippen LogP contribution in [0.4, 0.5) is 0 Å². The minimum atomic E-state index is -0.237. The van der Waals surface area contributed by atoms with Crippen molar-refractivity contribution in [3.8, 4) is 0 Å². The Morgan fingerprint density at radius 2 is 2.13 bits per heavy atom. The molecule has 0 unspecified atom stereocenters. The molecule has 2 nitrogen and oxygen atoms in total. The van der Waals surface area contributed by atoms with Crippen molar-refractivity contribution in [2.75, 3.05) is 13.1 Å². The molecule has 0 spiro atoms. The molecule has 1 aliphatic rings. The number of β-amino-alcohol motifs (C(OH)–C–C–N with tert-alkyl or cyclic N) is 1. The van der Waals surface area contributed by atoms with Gasteiger partial charge >= 0.3 is 0 Å². The molecule has 1 aromatic rings. The van der Waals surface area contributed by atoms with Gasteiger partial charge < -0.3 is 10.4 Å². The molecule has 1 aromatic carbocycles. The van der Waals surface area contributed by atoms with Crippen LogP contribution in [0.25, 0.3) is 0 Å². The van der Waals surface area contributed by atoms with Crippen molar-refractivity contribution >= 4 is 0 Å². The number of aliphatic hydroxyl groups excluding tert-OH is 1. The Bertz CT molecular complexity index is 348. The third kappa shape index (κ3) is 2.06. The van der Waals surface area contributed by atoms with Crippen LogP contribution in [-0.2, 0) is 0 Å². The van der Waals surface area contributed by atoms with Crippen LogP contribution in [0.15, 0.2) is 18.2 Å². The van der Waals surface area contributed by atoms with Crippen LogP contribution in [0.5, 0.6) is 0 Å². The summed E-state index contributed by atoms with van der Waals surface area (Å²) in [4.78, 5) is 0. The molecule has 2 N–H and O–H groups in total. The lowest BCUT2D eigenvalue weighted by Gasteiger charge is -2.30. The van der Waals surface area contributed by atoms with Gasteiger partial charge in [0, 0.05) is 12.5 Å². The van der Waals surface area contributed by atoms with Crippen LogP contribution in [0.2, 0.25) is 0 Å². The monoisotopic (exact) mass is 205 g/mol. The number of hydrogen-bond acceptors (Lipinski definition) is 2. The van der Waals surface area contributed by atoms with Crippen molar-refractivity contribution in [1.82, 2.24) is 5.32 Å². The van der Waals surface area contributed by atoms with Crippen molar-refractivity contribution < 1.29 is 5.11 Å². The van der Waals surface area contributed by atoms with E-state index in [1.807, 2.05) is 0 Å². The van der Waals surface area contributed by atoms with E-state index in [0.29, 0.717) is 5.92 Å². The predicted molar refractivity (Wildman–Crippen MR) is 62.2 cm³/mol. The summed E-state index contributed by atoms with van der Waals surface area (Å²) in [5, 5.41) is 13.2. The molecule has 0 saturated carbocycles. The molecule has 2 heteroatoms. The fourth-order valence-electron chi connectivity index (χ4n) is 2.38. The molecule has 1 fully saturated rings. The zero-order valence-electron chi connectivity index (χ0n) is 9.46. The molecule has 1 heterocycles. The summed E-state index contributed by atoms with van der Waals surface area (Å²) in [7, 11) is 0. The Balaban J connectivity index is 2.31. The van der Waals surface area contributed by atoms with Gasteiger partial charge in [-0.1, -0.05) is 18.2 Å². The lowest BCUT2D eigenvalue weighted by atomic mass is 9.84. The van der Waals surface area contributed by atoms with Crippen molar-refractivity contribution in [3.05, 3.63) is 34.9 Å². The third-order valence-corrected chi connectivity index (χ3v) is 3.50. The van der Waals surface area contributed by atoms with E-state index in [0.717, 1.165) is 19.5 Å². The first-order chi connectivity index (χ1) is 7.20. The van der Waals surface area contributed by atoms with Gasteiger partial charge in [-0.15, -0.1) is 0 Å². The summed E-state index contributed by atoms with van der Waals surface area (Å²) in [6.07, 6.45) is 0.796. The summed E-state index contributed by atoms with van der Waals surface area (Å²) in [5.41, 5.74) is 3.98. The average molecular weight is 205 g/mol. The van der Waals surface area contributed by atoms with Gasteiger partial charge in [-0.25, -0.2) is 0 Å². The normalized spacial score (nSPS) is 26.6. The van der Waals surface area contributed by atoms with Gasteiger partial charge in [-0.05, 0) is 43.5 Å². The molecule has 1 saturated heterocycles. The second kappa shape index (κ2) is 4.33. The summed E-state index contributed by atoms with van der Waals surface area (Å²) in [5.74, 6) is 0.311. The number of aryl methyl sites for hydroxylation is 1. The number of hydrogen-bond donors (Lipinski definition) is 2. The van der Waals surface area contributed by atoms with Crippen LogP contribution in [0, 0.1) is 13.8 Å². The molecule has 0 bridgehead atoms. The Morgan fingerprint density at radius 1 is 1.33 bits per heavy atom. The van der Waals surface area contributed by atoms with Gasteiger partial charge in [0.25, 0.3) is 0 Å². The largest absolute Gasteiger partial charge is 0.391 e. The molecule has 82 valence electrons. The first kappa shape index (κ1) is 10.7. The van der Waals surface area contributed by atoms with Crippen molar-refractivity contribution in [2.45, 2.75) is 32.3 Å². The highest BCUT2D eigenvalue weighted by Gasteiger charge is 2.25. The number of aliphatic hydroxyl groups is 1. The lowest BCUT2D eigenvalue weighted by molar-refractivity contribution is 0.118. The highest BCUT2D eigenvalue weighted by Crippen LogP contribution is 2.29. The second-order valence-electron chi connectivity index (χ2n) is 4.46. The van der Waals surface area contributed by atoms with Gasteiger partial charge in [-0.3, -0.25) is 0 Å². The fraction of sp³-hybridized carbons (Fsp3) is 0.538. The topological polar surface area (TPSA) is 32.3 Å². The zero-order chi connectivity index (χ0) is 10.8. The number of nitrogens with one attached hydrogen (secondary N) is 1. The summed E-state index contributed by atoms with van der Waals surface area (Å²) in [6.45, 7) is 6.01. The molecule has 2 atom stereocenters. The number of benzene rings is 1. The van der Waals surface area contributed by atoms with E-state index in [2.05, 4.69) is 37.4 Å². The van der Waals surface area contributed by atoms with E-state index in [4.69, 9.17) is 0 Å². The van der Waals surface area contributed by atoms with Crippen LogP contribution < -0.4 is 5.32 Å². The molecule has 0 radical (unpaired) electrons. The molecule has 15 heavy (non-hydrogen) atoms. The Hall–Kier alpha value is -0.860. The quantitative estimate of drug-likeness (QED) is 0.732. The zero-order valence-corrected chi connectivity index (χ0v) is 9.46. The van der Waals surface area contributed by atoms with Gasteiger partial charge in [0.05, 0.1) is 6.10 Å². The first-order valence-electron chi connectivity index (χ1n) is 5.65. The molecule has 2 rings (SSSR count). The van der Waals surface area contributed by atoms with Crippen molar-refractivity contribution in [1.29, 1.82) is 0 Å². The fourth-order valence-corrected chi connectivity index (χ4v) is 2.38. The van der Waals surface area contributed by atoms with E-state index in [9.17, 15) is 5.11 Å². The Morgan fingerprint density at radius 3 is 2.87 bits per heavy atom. The molecular weight excluding hydrogens is 186 g/mol.